The van der Waals surface area contributed by atoms with Crippen LogP contribution in [0.5, 0.6) is 0 Å². The molecule has 2 nitrogen and oxygen atoms in total. The van der Waals surface area contributed by atoms with E-state index in [1.54, 1.807) is 6.07 Å². The van der Waals surface area contributed by atoms with Crippen molar-refractivity contribution >= 4 is 15.9 Å². The molecular weight excluding hydrogens is 319 g/mol. The largest absolute Gasteiger partial charge is 0.313 e. The van der Waals surface area contributed by atoms with Crippen molar-refractivity contribution in [1.82, 2.24) is 10.2 Å². The summed E-state index contributed by atoms with van der Waals surface area (Å²) in [6.07, 6.45) is 3.81. The van der Waals surface area contributed by atoms with Crippen molar-refractivity contribution in [2.45, 2.75) is 45.2 Å². The lowest BCUT2D eigenvalue weighted by atomic mass is 10.0. The second kappa shape index (κ2) is 7.53. The van der Waals surface area contributed by atoms with E-state index in [0.29, 0.717) is 6.04 Å². The molecule has 2 unspecified atom stereocenters. The van der Waals surface area contributed by atoms with Crippen LogP contribution in [0.4, 0.5) is 4.39 Å². The first kappa shape index (κ1) is 15.9. The number of nitrogens with zero attached hydrogens (tertiary/aromatic N) is 1. The van der Waals surface area contributed by atoms with Gasteiger partial charge >= 0.3 is 0 Å². The molecule has 1 N–H and O–H groups in total. The summed E-state index contributed by atoms with van der Waals surface area (Å²) in [5, 5.41) is 3.57. The molecule has 1 aromatic rings. The summed E-state index contributed by atoms with van der Waals surface area (Å²) in [4.78, 5) is 2.36. The highest BCUT2D eigenvalue weighted by molar-refractivity contribution is 9.10. The maximum atomic E-state index is 14.1. The molecule has 4 heteroatoms. The average Bonchev–Trinajstić information content (AvgIpc) is 2.45. The zero-order chi connectivity index (χ0) is 14.5. The number of benzene rings is 1. The van der Waals surface area contributed by atoms with E-state index in [4.69, 9.17) is 0 Å². The topological polar surface area (TPSA) is 15.3 Å². The van der Waals surface area contributed by atoms with Crippen molar-refractivity contribution < 1.29 is 4.39 Å². The Morgan fingerprint density at radius 3 is 2.85 bits per heavy atom. The van der Waals surface area contributed by atoms with Crippen molar-refractivity contribution in [3.8, 4) is 0 Å². The monoisotopic (exact) mass is 342 g/mol. The molecule has 0 bridgehead atoms. The first-order chi connectivity index (χ1) is 9.61. The minimum Gasteiger partial charge on any atom is -0.313 e. The number of nitrogens with one attached hydrogen (secondary N) is 1. The van der Waals surface area contributed by atoms with Gasteiger partial charge in [0.2, 0.25) is 0 Å². The highest BCUT2D eigenvalue weighted by atomic mass is 79.9. The van der Waals surface area contributed by atoms with Crippen molar-refractivity contribution in [3.63, 3.8) is 0 Å². The highest BCUT2D eigenvalue weighted by Crippen LogP contribution is 2.26. The lowest BCUT2D eigenvalue weighted by molar-refractivity contribution is 0.182. The number of piperidine rings is 1. The number of halogens is 2. The van der Waals surface area contributed by atoms with E-state index in [1.165, 1.54) is 19.3 Å². The van der Waals surface area contributed by atoms with Crippen molar-refractivity contribution in [2.75, 3.05) is 19.6 Å². The molecule has 1 aliphatic heterocycles. The number of rotatable bonds is 5. The smallest absolute Gasteiger partial charge is 0.129 e. The van der Waals surface area contributed by atoms with Gasteiger partial charge in [-0.2, -0.15) is 0 Å². The number of likely N-dealkylation sites (N-methyl/N-ethyl adjacent to an activating group) is 1. The SMILES string of the molecule is CCN(CC1CCCCN1)C(C)c1ccc(Br)cc1F. The predicted octanol–water partition coefficient (Wildman–Crippen LogP) is 4.11. The molecule has 20 heavy (non-hydrogen) atoms. The summed E-state index contributed by atoms with van der Waals surface area (Å²) in [5.41, 5.74) is 0.783. The van der Waals surface area contributed by atoms with Gasteiger partial charge in [0.05, 0.1) is 0 Å². The lowest BCUT2D eigenvalue weighted by Crippen LogP contribution is -2.44. The van der Waals surface area contributed by atoms with Crippen LogP contribution in [0.25, 0.3) is 0 Å². The Morgan fingerprint density at radius 2 is 2.25 bits per heavy atom. The summed E-state index contributed by atoms with van der Waals surface area (Å²) in [6, 6.07) is 6.02. The van der Waals surface area contributed by atoms with Gasteiger partial charge in [-0.05, 0) is 45.0 Å². The van der Waals surface area contributed by atoms with Crippen LogP contribution in [0.3, 0.4) is 0 Å². The fraction of sp³-hybridized carbons (Fsp3) is 0.625. The Hall–Kier alpha value is -0.450. The molecule has 1 aromatic carbocycles. The van der Waals surface area contributed by atoms with Gasteiger partial charge in [0.15, 0.2) is 0 Å². The second-order valence-electron chi connectivity index (χ2n) is 5.58. The van der Waals surface area contributed by atoms with Gasteiger partial charge in [0.25, 0.3) is 0 Å². The zero-order valence-corrected chi connectivity index (χ0v) is 13.9. The Labute approximate surface area is 129 Å². The van der Waals surface area contributed by atoms with E-state index in [0.717, 1.165) is 29.7 Å². The van der Waals surface area contributed by atoms with E-state index in [2.05, 4.69) is 40.0 Å². The summed E-state index contributed by atoms with van der Waals surface area (Å²) in [5.74, 6) is -0.123. The molecule has 0 amide bonds. The maximum absolute atomic E-state index is 14.1. The van der Waals surface area contributed by atoms with Gasteiger partial charge in [-0.3, -0.25) is 4.90 Å². The second-order valence-corrected chi connectivity index (χ2v) is 6.49. The van der Waals surface area contributed by atoms with Gasteiger partial charge in [-0.1, -0.05) is 35.3 Å². The summed E-state index contributed by atoms with van der Waals surface area (Å²) in [7, 11) is 0. The third kappa shape index (κ3) is 4.03. The molecule has 1 aliphatic rings. The third-order valence-electron chi connectivity index (χ3n) is 4.23. The van der Waals surface area contributed by atoms with Crippen LogP contribution in [-0.4, -0.2) is 30.6 Å². The number of hydrogen-bond acceptors (Lipinski definition) is 2. The van der Waals surface area contributed by atoms with E-state index in [1.807, 2.05) is 12.1 Å². The molecule has 0 aromatic heterocycles. The van der Waals surface area contributed by atoms with Crippen LogP contribution in [0, 0.1) is 5.82 Å². The fourth-order valence-electron chi connectivity index (χ4n) is 2.96. The van der Waals surface area contributed by atoms with Gasteiger partial charge in [-0.25, -0.2) is 4.39 Å². The molecule has 2 rings (SSSR count). The minimum absolute atomic E-state index is 0.108. The maximum Gasteiger partial charge on any atom is 0.129 e. The molecule has 2 atom stereocenters. The van der Waals surface area contributed by atoms with Crippen LogP contribution >= 0.6 is 15.9 Å². The summed E-state index contributed by atoms with van der Waals surface area (Å²) >= 11 is 3.32. The van der Waals surface area contributed by atoms with Crippen LogP contribution in [-0.2, 0) is 0 Å². The standard InChI is InChI=1S/C16H24BrFN2/c1-3-20(11-14-6-4-5-9-19-14)12(2)15-8-7-13(17)10-16(15)18/h7-8,10,12,14,19H,3-6,9,11H2,1-2H3. The van der Waals surface area contributed by atoms with E-state index >= 15 is 0 Å². The fourth-order valence-corrected chi connectivity index (χ4v) is 3.29. The molecule has 0 saturated carbocycles. The predicted molar refractivity (Wildman–Crippen MR) is 85.4 cm³/mol. The molecule has 1 fully saturated rings. The third-order valence-corrected chi connectivity index (χ3v) is 4.73. The van der Waals surface area contributed by atoms with Crippen LogP contribution in [0.1, 0.15) is 44.7 Å². The van der Waals surface area contributed by atoms with Crippen LogP contribution < -0.4 is 5.32 Å². The number of hydrogen-bond donors (Lipinski definition) is 1. The summed E-state index contributed by atoms with van der Waals surface area (Å²) in [6.45, 7) is 7.29. The molecule has 0 radical (unpaired) electrons. The Balaban J connectivity index is 2.05. The zero-order valence-electron chi connectivity index (χ0n) is 12.3. The van der Waals surface area contributed by atoms with Gasteiger partial charge < -0.3 is 5.32 Å². The normalized spacial score (nSPS) is 21.1. The van der Waals surface area contributed by atoms with Crippen molar-refractivity contribution in [2.24, 2.45) is 0 Å². The first-order valence-electron chi connectivity index (χ1n) is 7.54. The molecule has 112 valence electrons. The molecule has 1 saturated heterocycles. The van der Waals surface area contributed by atoms with Crippen LogP contribution in [0.2, 0.25) is 0 Å². The molecular formula is C16H24BrFN2. The Bertz CT molecular complexity index is 432. The van der Waals surface area contributed by atoms with E-state index in [-0.39, 0.29) is 11.9 Å². The Morgan fingerprint density at radius 1 is 1.45 bits per heavy atom. The quantitative estimate of drug-likeness (QED) is 0.865. The average molecular weight is 343 g/mol. The summed E-state index contributed by atoms with van der Waals surface area (Å²) < 4.78 is 14.9. The highest BCUT2D eigenvalue weighted by Gasteiger charge is 2.22. The van der Waals surface area contributed by atoms with Crippen LogP contribution in [0.15, 0.2) is 22.7 Å². The molecule has 0 aliphatic carbocycles. The lowest BCUT2D eigenvalue weighted by Gasteiger charge is -2.34. The van der Waals surface area contributed by atoms with Crippen molar-refractivity contribution in [1.29, 1.82) is 0 Å². The minimum atomic E-state index is -0.123. The first-order valence-corrected chi connectivity index (χ1v) is 8.33. The Kier molecular flexibility index (Phi) is 6.00. The molecule has 1 heterocycles. The van der Waals surface area contributed by atoms with Crippen molar-refractivity contribution in [3.05, 3.63) is 34.1 Å². The van der Waals surface area contributed by atoms with E-state index in [9.17, 15) is 4.39 Å². The van der Waals surface area contributed by atoms with E-state index < -0.39 is 0 Å². The molecule has 0 spiro atoms. The van der Waals surface area contributed by atoms with Gasteiger partial charge in [0.1, 0.15) is 5.82 Å². The van der Waals surface area contributed by atoms with Gasteiger partial charge in [-0.15, -0.1) is 0 Å². The van der Waals surface area contributed by atoms with Gasteiger partial charge in [0, 0.05) is 28.7 Å².